The van der Waals surface area contributed by atoms with Crippen LogP contribution in [0, 0.1) is 0 Å². The van der Waals surface area contributed by atoms with E-state index in [0.29, 0.717) is 17.9 Å². The molecule has 1 aliphatic heterocycles. The van der Waals surface area contributed by atoms with Gasteiger partial charge in [0, 0.05) is 12.0 Å². The Hall–Kier alpha value is -1.27. The minimum atomic E-state index is -4.32. The van der Waals surface area contributed by atoms with Crippen LogP contribution >= 0.6 is 0 Å². The van der Waals surface area contributed by atoms with Gasteiger partial charge in [-0.05, 0) is 5.56 Å². The molecule has 0 radical (unpaired) electrons. The molecule has 1 atom stereocenters. The zero-order chi connectivity index (χ0) is 13.2. The summed E-state index contributed by atoms with van der Waals surface area (Å²) in [5, 5.41) is 0. The van der Waals surface area contributed by atoms with Crippen LogP contribution in [0.15, 0.2) is 18.2 Å². The van der Waals surface area contributed by atoms with E-state index in [9.17, 15) is 13.2 Å². The van der Waals surface area contributed by atoms with Crippen molar-refractivity contribution in [2.45, 2.75) is 18.6 Å². The van der Waals surface area contributed by atoms with Crippen LogP contribution in [0.4, 0.5) is 13.2 Å². The first kappa shape index (κ1) is 13.2. The van der Waals surface area contributed by atoms with E-state index in [1.54, 1.807) is 6.07 Å². The molecule has 1 unspecified atom stereocenters. The number of benzene rings is 1. The van der Waals surface area contributed by atoms with Crippen molar-refractivity contribution < 1.29 is 22.6 Å². The number of ether oxygens (including phenoxy) is 2. The number of nitrogens with two attached hydrogens (primary N) is 1. The third-order valence-electron chi connectivity index (χ3n) is 2.71. The molecule has 3 nitrogen and oxygen atoms in total. The summed E-state index contributed by atoms with van der Waals surface area (Å²) in [4.78, 5) is 0. The Labute approximate surface area is 103 Å². The van der Waals surface area contributed by atoms with Crippen molar-refractivity contribution >= 4 is 0 Å². The standard InChI is InChI=1S/C12H14F3NO2/c13-12(14,15)7-17-6-10(16)9-3-1-2-8-4-5-18-11(8)9/h1-3,10H,4-7,16H2. The highest BCUT2D eigenvalue weighted by Gasteiger charge is 2.28. The summed E-state index contributed by atoms with van der Waals surface area (Å²) in [6.45, 7) is -0.877. The lowest BCUT2D eigenvalue weighted by molar-refractivity contribution is -0.174. The summed E-state index contributed by atoms with van der Waals surface area (Å²) < 4.78 is 45.8. The number of fused-ring (bicyclic) bond motifs is 1. The molecule has 1 aliphatic rings. The summed E-state index contributed by atoms with van der Waals surface area (Å²) in [5.74, 6) is 0.695. The van der Waals surface area contributed by atoms with Gasteiger partial charge in [-0.15, -0.1) is 0 Å². The van der Waals surface area contributed by atoms with Crippen molar-refractivity contribution in [3.8, 4) is 5.75 Å². The van der Waals surface area contributed by atoms with E-state index in [0.717, 1.165) is 12.0 Å². The monoisotopic (exact) mass is 261 g/mol. The zero-order valence-corrected chi connectivity index (χ0v) is 9.67. The summed E-state index contributed by atoms with van der Waals surface area (Å²) in [6.07, 6.45) is -3.52. The quantitative estimate of drug-likeness (QED) is 0.903. The van der Waals surface area contributed by atoms with Crippen LogP contribution in [0.5, 0.6) is 5.75 Å². The first-order chi connectivity index (χ1) is 8.47. The van der Waals surface area contributed by atoms with Crippen LogP contribution in [0.25, 0.3) is 0 Å². The van der Waals surface area contributed by atoms with E-state index in [4.69, 9.17) is 10.5 Å². The summed E-state index contributed by atoms with van der Waals surface area (Å²) in [5.41, 5.74) is 7.57. The maximum Gasteiger partial charge on any atom is 0.411 e. The number of alkyl halides is 3. The van der Waals surface area contributed by atoms with E-state index in [1.165, 1.54) is 0 Å². The predicted molar refractivity (Wildman–Crippen MR) is 59.4 cm³/mol. The van der Waals surface area contributed by atoms with Crippen LogP contribution in [-0.2, 0) is 11.2 Å². The maximum absolute atomic E-state index is 11.9. The highest BCUT2D eigenvalue weighted by molar-refractivity contribution is 5.45. The number of rotatable bonds is 4. The van der Waals surface area contributed by atoms with Gasteiger partial charge in [-0.3, -0.25) is 0 Å². The highest BCUT2D eigenvalue weighted by Crippen LogP contribution is 2.32. The van der Waals surface area contributed by atoms with Crippen molar-refractivity contribution in [3.05, 3.63) is 29.3 Å². The number of para-hydroxylation sites is 1. The number of hydrogen-bond donors (Lipinski definition) is 1. The van der Waals surface area contributed by atoms with Crippen LogP contribution in [0.2, 0.25) is 0 Å². The lowest BCUT2D eigenvalue weighted by Crippen LogP contribution is -2.23. The molecule has 0 fully saturated rings. The molecule has 2 N–H and O–H groups in total. The normalized spacial score (nSPS) is 16.2. The highest BCUT2D eigenvalue weighted by atomic mass is 19.4. The Balaban J connectivity index is 1.97. The van der Waals surface area contributed by atoms with Gasteiger partial charge in [0.15, 0.2) is 0 Å². The van der Waals surface area contributed by atoms with Crippen molar-refractivity contribution in [3.63, 3.8) is 0 Å². The molecule has 0 aromatic heterocycles. The van der Waals surface area contributed by atoms with Crippen molar-refractivity contribution in [2.75, 3.05) is 19.8 Å². The number of hydrogen-bond acceptors (Lipinski definition) is 3. The lowest BCUT2D eigenvalue weighted by Gasteiger charge is -2.16. The minimum absolute atomic E-state index is 0.181. The lowest BCUT2D eigenvalue weighted by atomic mass is 10.0. The van der Waals surface area contributed by atoms with E-state index in [2.05, 4.69) is 4.74 Å². The fourth-order valence-electron chi connectivity index (χ4n) is 1.92. The molecule has 0 bridgehead atoms. The molecule has 100 valence electrons. The van der Waals surface area contributed by atoms with E-state index >= 15 is 0 Å². The number of halogens is 3. The largest absolute Gasteiger partial charge is 0.493 e. The fraction of sp³-hybridized carbons (Fsp3) is 0.500. The molecule has 1 aromatic carbocycles. The van der Waals surface area contributed by atoms with Crippen molar-refractivity contribution in [1.82, 2.24) is 0 Å². The van der Waals surface area contributed by atoms with Crippen LogP contribution < -0.4 is 10.5 Å². The zero-order valence-electron chi connectivity index (χ0n) is 9.67. The molecule has 0 saturated heterocycles. The topological polar surface area (TPSA) is 44.5 Å². The summed E-state index contributed by atoms with van der Waals surface area (Å²) in [6, 6.07) is 4.90. The van der Waals surface area contributed by atoms with Gasteiger partial charge in [0.2, 0.25) is 0 Å². The minimum Gasteiger partial charge on any atom is -0.493 e. The Morgan fingerprint density at radius 2 is 2.17 bits per heavy atom. The maximum atomic E-state index is 11.9. The molecule has 0 spiro atoms. The fourth-order valence-corrected chi connectivity index (χ4v) is 1.92. The van der Waals surface area contributed by atoms with Gasteiger partial charge in [-0.25, -0.2) is 0 Å². The summed E-state index contributed by atoms with van der Waals surface area (Å²) >= 11 is 0. The third-order valence-corrected chi connectivity index (χ3v) is 2.71. The average molecular weight is 261 g/mol. The van der Waals surface area contributed by atoms with Crippen molar-refractivity contribution in [1.29, 1.82) is 0 Å². The van der Waals surface area contributed by atoms with Gasteiger partial charge in [-0.1, -0.05) is 18.2 Å². The second-order valence-corrected chi connectivity index (χ2v) is 4.17. The van der Waals surface area contributed by atoms with Crippen LogP contribution in [0.1, 0.15) is 17.2 Å². The predicted octanol–water partition coefficient (Wildman–Crippen LogP) is 2.20. The van der Waals surface area contributed by atoms with Gasteiger partial charge in [0.25, 0.3) is 0 Å². The van der Waals surface area contributed by atoms with E-state index in [-0.39, 0.29) is 6.61 Å². The van der Waals surface area contributed by atoms with Gasteiger partial charge >= 0.3 is 6.18 Å². The Kier molecular flexibility index (Phi) is 3.77. The first-order valence-electron chi connectivity index (χ1n) is 5.62. The second kappa shape index (κ2) is 5.16. The van der Waals surface area contributed by atoms with Crippen molar-refractivity contribution in [2.24, 2.45) is 5.73 Å². The SMILES string of the molecule is NC(COCC(F)(F)F)c1cccc2c1OCC2. The van der Waals surface area contributed by atoms with Gasteiger partial charge in [0.05, 0.1) is 19.3 Å². The smallest absolute Gasteiger partial charge is 0.411 e. The third kappa shape index (κ3) is 3.14. The molecule has 2 rings (SSSR count). The second-order valence-electron chi connectivity index (χ2n) is 4.17. The van der Waals surface area contributed by atoms with E-state index in [1.807, 2.05) is 12.1 Å². The van der Waals surface area contributed by atoms with Gasteiger partial charge in [0.1, 0.15) is 12.4 Å². The van der Waals surface area contributed by atoms with Crippen LogP contribution in [0.3, 0.4) is 0 Å². The Bertz CT molecular complexity index is 420. The molecular formula is C12H14F3NO2. The van der Waals surface area contributed by atoms with E-state index < -0.39 is 18.8 Å². The van der Waals surface area contributed by atoms with Gasteiger partial charge < -0.3 is 15.2 Å². The molecule has 18 heavy (non-hydrogen) atoms. The Morgan fingerprint density at radius 3 is 2.89 bits per heavy atom. The first-order valence-corrected chi connectivity index (χ1v) is 5.62. The summed E-state index contributed by atoms with van der Waals surface area (Å²) in [7, 11) is 0. The van der Waals surface area contributed by atoms with Crippen LogP contribution in [-0.4, -0.2) is 26.0 Å². The van der Waals surface area contributed by atoms with Gasteiger partial charge in [-0.2, -0.15) is 13.2 Å². The molecule has 0 amide bonds. The molecule has 0 saturated carbocycles. The molecule has 0 aliphatic carbocycles. The molecule has 1 heterocycles. The molecule has 6 heteroatoms. The Morgan fingerprint density at radius 1 is 1.39 bits per heavy atom. The average Bonchev–Trinajstić information content (AvgIpc) is 2.74. The molecule has 1 aromatic rings. The molecular weight excluding hydrogens is 247 g/mol.